The molecule has 0 aromatic heterocycles. The molecule has 3 heterocycles. The average Bonchev–Trinajstić information content (AvgIpc) is 3.40. The summed E-state index contributed by atoms with van der Waals surface area (Å²) < 4.78 is 54.5. The summed E-state index contributed by atoms with van der Waals surface area (Å²) in [5.74, 6) is -3.12. The van der Waals surface area contributed by atoms with Gasteiger partial charge in [0.15, 0.2) is 0 Å². The Hall–Kier alpha value is -4.44. The van der Waals surface area contributed by atoms with E-state index in [-0.39, 0.29) is 54.7 Å². The van der Waals surface area contributed by atoms with Crippen LogP contribution < -0.4 is 15.4 Å². The van der Waals surface area contributed by atoms with Gasteiger partial charge in [0.25, 0.3) is 15.9 Å². The van der Waals surface area contributed by atoms with E-state index in [4.69, 9.17) is 21.1 Å². The van der Waals surface area contributed by atoms with E-state index in [1.165, 1.54) is 34.1 Å². The molecule has 2 saturated heterocycles. The number of halogens is 2. The normalized spacial score (nSPS) is 26.0. The molecule has 0 spiro atoms. The highest BCUT2D eigenvalue weighted by atomic mass is 35.5. The number of ether oxygens (including phenoxy) is 2. The van der Waals surface area contributed by atoms with Gasteiger partial charge in [-0.05, 0) is 69.7 Å². The summed E-state index contributed by atoms with van der Waals surface area (Å²) in [6.07, 6.45) is 1.87. The fourth-order valence-electron chi connectivity index (χ4n) is 7.68. The van der Waals surface area contributed by atoms with E-state index in [0.717, 1.165) is 19.3 Å². The van der Waals surface area contributed by atoms with Crippen molar-refractivity contribution in [3.63, 3.8) is 0 Å². The molecule has 4 aliphatic rings. The van der Waals surface area contributed by atoms with Gasteiger partial charge < -0.3 is 25.0 Å². The molecule has 298 valence electrons. The lowest BCUT2D eigenvalue weighted by Crippen LogP contribution is -2.58. The molecule has 3 aliphatic heterocycles. The van der Waals surface area contributed by atoms with E-state index in [2.05, 4.69) is 15.4 Å². The number of benzene rings is 2. The Morgan fingerprint density at radius 1 is 0.982 bits per heavy atom. The fraction of sp³-hybridized carbons (Fsp3) is 0.553. The van der Waals surface area contributed by atoms with E-state index >= 15 is 0 Å². The van der Waals surface area contributed by atoms with Gasteiger partial charge in [0, 0.05) is 18.5 Å². The second kappa shape index (κ2) is 16.0. The van der Waals surface area contributed by atoms with Crippen LogP contribution >= 0.6 is 11.6 Å². The first-order valence-electron chi connectivity index (χ1n) is 18.6. The van der Waals surface area contributed by atoms with Crippen LogP contribution in [0.5, 0.6) is 0 Å². The molecular weight excluding hydrogens is 757 g/mol. The molecule has 0 unspecified atom stereocenters. The van der Waals surface area contributed by atoms with Crippen LogP contribution in [0.15, 0.2) is 47.4 Å². The standard InChI is InChI=1S/C38H47ClFN5O9S/c1-37(2,3)54-35(49)41-29-16-8-6-4-5-7-13-24-19-38(24,34(48)43-55(51,52)31-17-10-9-14-27(31)39)42-32(46)30-18-25(21-45(30)33(29)47)53-36(50)44-20-23-12-11-15-28(40)26(23)22-44/h9-12,14-15,17,24-25,29-30H,4-8,13,16,18-22H2,1-3H3,(H,41,49)(H,42,46)(H,43,48)/t24-,25+,29-,30-,38+/m0/s1. The number of nitrogens with zero attached hydrogens (tertiary/aromatic N) is 2. The lowest BCUT2D eigenvalue weighted by molar-refractivity contribution is -0.141. The molecule has 6 rings (SSSR count). The molecule has 0 radical (unpaired) electrons. The van der Waals surface area contributed by atoms with Crippen molar-refractivity contribution in [1.29, 1.82) is 0 Å². The quantitative estimate of drug-likeness (QED) is 0.378. The predicted molar refractivity (Wildman–Crippen MR) is 197 cm³/mol. The van der Waals surface area contributed by atoms with Gasteiger partial charge in [0.1, 0.15) is 40.0 Å². The van der Waals surface area contributed by atoms with Crippen LogP contribution in [0, 0.1) is 11.7 Å². The van der Waals surface area contributed by atoms with Crippen molar-refractivity contribution >= 4 is 51.5 Å². The number of hydrogen-bond acceptors (Lipinski definition) is 9. The predicted octanol–water partition coefficient (Wildman–Crippen LogP) is 4.92. The molecule has 5 amide bonds. The van der Waals surface area contributed by atoms with Crippen molar-refractivity contribution in [3.05, 3.63) is 64.4 Å². The van der Waals surface area contributed by atoms with Crippen LogP contribution in [0.4, 0.5) is 14.0 Å². The maximum Gasteiger partial charge on any atom is 0.410 e. The van der Waals surface area contributed by atoms with Crippen molar-refractivity contribution in [2.24, 2.45) is 5.92 Å². The Morgan fingerprint density at radius 3 is 2.40 bits per heavy atom. The van der Waals surface area contributed by atoms with Crippen LogP contribution in [0.2, 0.25) is 5.02 Å². The molecule has 3 N–H and O–H groups in total. The average molecular weight is 804 g/mol. The zero-order chi connectivity index (χ0) is 39.7. The number of rotatable bonds is 5. The number of sulfonamides is 1. The van der Waals surface area contributed by atoms with Gasteiger partial charge in [0.2, 0.25) is 11.8 Å². The number of alkyl carbamates (subject to hydrolysis) is 1. The molecule has 1 saturated carbocycles. The van der Waals surface area contributed by atoms with E-state index in [1.807, 2.05) is 0 Å². The van der Waals surface area contributed by atoms with Gasteiger partial charge in [-0.1, -0.05) is 68.0 Å². The van der Waals surface area contributed by atoms with Crippen LogP contribution in [0.3, 0.4) is 0 Å². The molecule has 55 heavy (non-hydrogen) atoms. The Balaban J connectivity index is 1.26. The van der Waals surface area contributed by atoms with Gasteiger partial charge in [-0.25, -0.2) is 27.1 Å². The number of fused-ring (bicyclic) bond motifs is 3. The van der Waals surface area contributed by atoms with Gasteiger partial charge in [-0.15, -0.1) is 0 Å². The first-order valence-corrected chi connectivity index (χ1v) is 20.5. The highest BCUT2D eigenvalue weighted by molar-refractivity contribution is 7.90. The van der Waals surface area contributed by atoms with E-state index in [0.29, 0.717) is 30.4 Å². The highest BCUT2D eigenvalue weighted by Crippen LogP contribution is 2.48. The molecular formula is C38H47ClFN5O9S. The molecule has 17 heteroatoms. The van der Waals surface area contributed by atoms with E-state index in [1.54, 1.807) is 39.0 Å². The first-order chi connectivity index (χ1) is 26.0. The second-order valence-corrected chi connectivity index (χ2v) is 17.8. The molecule has 0 bridgehead atoms. The van der Waals surface area contributed by atoms with Gasteiger partial charge in [-0.3, -0.25) is 19.3 Å². The number of carbonyl (C=O) groups excluding carboxylic acids is 5. The van der Waals surface area contributed by atoms with Crippen molar-refractivity contribution in [2.75, 3.05) is 6.54 Å². The topological polar surface area (TPSA) is 181 Å². The van der Waals surface area contributed by atoms with Crippen LogP contribution in [-0.2, 0) is 47.0 Å². The smallest absolute Gasteiger partial charge is 0.410 e. The maximum absolute atomic E-state index is 14.5. The van der Waals surface area contributed by atoms with E-state index < -0.39 is 75.1 Å². The summed E-state index contributed by atoms with van der Waals surface area (Å²) in [6.45, 7) is 4.95. The zero-order valence-electron chi connectivity index (χ0n) is 31.1. The van der Waals surface area contributed by atoms with E-state index in [9.17, 15) is 36.8 Å². The van der Waals surface area contributed by atoms with Gasteiger partial charge >= 0.3 is 12.2 Å². The lowest BCUT2D eigenvalue weighted by Gasteiger charge is -2.30. The number of amides is 5. The van der Waals surface area contributed by atoms with Crippen molar-refractivity contribution in [1.82, 2.24) is 25.2 Å². The minimum absolute atomic E-state index is 0.0158. The third-order valence-electron chi connectivity index (χ3n) is 10.5. The van der Waals surface area contributed by atoms with Crippen molar-refractivity contribution < 1.29 is 46.3 Å². The largest absolute Gasteiger partial charge is 0.444 e. The maximum atomic E-state index is 14.5. The molecule has 2 aromatic carbocycles. The zero-order valence-corrected chi connectivity index (χ0v) is 32.6. The monoisotopic (exact) mass is 803 g/mol. The fourth-order valence-corrected chi connectivity index (χ4v) is 9.24. The summed E-state index contributed by atoms with van der Waals surface area (Å²) >= 11 is 6.15. The number of hydrogen-bond donors (Lipinski definition) is 3. The van der Waals surface area contributed by atoms with Gasteiger partial charge in [-0.2, -0.15) is 0 Å². The van der Waals surface area contributed by atoms with Gasteiger partial charge in [0.05, 0.1) is 18.1 Å². The minimum atomic E-state index is -4.43. The van der Waals surface area contributed by atoms with Crippen molar-refractivity contribution in [3.8, 4) is 0 Å². The Morgan fingerprint density at radius 2 is 1.69 bits per heavy atom. The molecule has 14 nitrogen and oxygen atoms in total. The van der Waals surface area contributed by atoms with Crippen molar-refractivity contribution in [2.45, 2.75) is 126 Å². The van der Waals surface area contributed by atoms with Crippen LogP contribution in [0.1, 0.15) is 89.7 Å². The summed E-state index contributed by atoms with van der Waals surface area (Å²) in [6, 6.07) is 7.89. The minimum Gasteiger partial charge on any atom is -0.444 e. The molecule has 1 aliphatic carbocycles. The number of nitrogens with one attached hydrogen (secondary N) is 3. The summed E-state index contributed by atoms with van der Waals surface area (Å²) in [4.78, 5) is 71.2. The summed E-state index contributed by atoms with van der Waals surface area (Å²) in [5.41, 5.74) is -1.44. The third kappa shape index (κ3) is 9.17. The Kier molecular flexibility index (Phi) is 11.7. The molecule has 5 atom stereocenters. The Labute approximate surface area is 324 Å². The van der Waals surface area contributed by atoms with Crippen LogP contribution in [0.25, 0.3) is 0 Å². The summed E-state index contributed by atoms with van der Waals surface area (Å²) in [5, 5.41) is 5.39. The number of carbonyl (C=O) groups is 5. The molecule has 2 aromatic rings. The summed E-state index contributed by atoms with van der Waals surface area (Å²) in [7, 11) is -4.43. The first kappa shape index (κ1) is 40.2. The van der Waals surface area contributed by atoms with Crippen LogP contribution in [-0.4, -0.2) is 84.0 Å². The lowest BCUT2D eigenvalue weighted by atomic mass is 10.0. The highest BCUT2D eigenvalue weighted by Gasteiger charge is 2.62. The Bertz CT molecular complexity index is 1960. The SMILES string of the molecule is CC(C)(C)OC(=O)N[C@H]1CCCCCCC[C@H]2C[C@@]2(C(=O)NS(=O)(=O)c2ccccc2Cl)NC(=O)[C@@H]2C[C@@H](OC(=O)N3Cc4cccc(F)c4C3)CN2C1=O. The second-order valence-electron chi connectivity index (χ2n) is 15.8. The molecule has 3 fully saturated rings. The third-order valence-corrected chi connectivity index (χ3v) is 12.4.